The molecule has 2 aromatic carbocycles. The van der Waals surface area contributed by atoms with Crippen LogP contribution in [0.4, 0.5) is 0 Å². The lowest BCUT2D eigenvalue weighted by Crippen LogP contribution is -2.19. The highest BCUT2D eigenvalue weighted by molar-refractivity contribution is 8.01. The SMILES string of the molecule is CCOC(=O)c1ccc(-c2ccc(/C=N\NC(=O)CSc3nc4ccc(OCC)cc4s3)o2)cc1. The van der Waals surface area contributed by atoms with E-state index in [4.69, 9.17) is 13.9 Å². The summed E-state index contributed by atoms with van der Waals surface area (Å²) >= 11 is 2.87. The number of hydrogen-bond donors (Lipinski definition) is 1. The molecule has 0 bridgehead atoms. The molecule has 35 heavy (non-hydrogen) atoms. The van der Waals surface area contributed by atoms with E-state index in [-0.39, 0.29) is 17.6 Å². The highest BCUT2D eigenvalue weighted by Gasteiger charge is 2.10. The van der Waals surface area contributed by atoms with Gasteiger partial charge >= 0.3 is 5.97 Å². The minimum Gasteiger partial charge on any atom is -0.494 e. The van der Waals surface area contributed by atoms with E-state index in [1.807, 2.05) is 25.1 Å². The molecule has 0 saturated carbocycles. The summed E-state index contributed by atoms with van der Waals surface area (Å²) in [5.41, 5.74) is 4.66. The molecule has 0 aliphatic heterocycles. The average molecular weight is 510 g/mol. The summed E-state index contributed by atoms with van der Waals surface area (Å²) in [6.45, 7) is 4.64. The Morgan fingerprint density at radius 3 is 2.71 bits per heavy atom. The van der Waals surface area contributed by atoms with Gasteiger partial charge in [0.05, 0.1) is 41.0 Å². The molecule has 10 heteroatoms. The van der Waals surface area contributed by atoms with Crippen molar-refractivity contribution in [2.24, 2.45) is 5.10 Å². The van der Waals surface area contributed by atoms with Crippen LogP contribution in [0.15, 0.2) is 68.5 Å². The lowest BCUT2D eigenvalue weighted by atomic mass is 10.1. The number of carbonyl (C=O) groups excluding carboxylic acids is 2. The third-order valence-electron chi connectivity index (χ3n) is 4.67. The topological polar surface area (TPSA) is 103 Å². The van der Waals surface area contributed by atoms with Gasteiger partial charge in [-0.15, -0.1) is 11.3 Å². The van der Waals surface area contributed by atoms with Gasteiger partial charge in [0.1, 0.15) is 17.3 Å². The highest BCUT2D eigenvalue weighted by Crippen LogP contribution is 2.31. The number of nitrogens with zero attached hydrogens (tertiary/aromatic N) is 2. The van der Waals surface area contributed by atoms with Gasteiger partial charge in [0, 0.05) is 5.56 Å². The zero-order chi connectivity index (χ0) is 24.6. The number of esters is 1. The standard InChI is InChI=1S/C25H23N3O5S2/c1-3-31-18-9-11-20-22(13-18)35-25(27-20)34-15-23(29)28-26-14-19-10-12-21(33-19)16-5-7-17(8-6-16)24(30)32-4-2/h5-14H,3-4,15H2,1-2H3,(H,28,29)/b26-14-. The summed E-state index contributed by atoms with van der Waals surface area (Å²) in [6.07, 6.45) is 1.44. The number of carbonyl (C=O) groups is 2. The van der Waals surface area contributed by atoms with Crippen molar-refractivity contribution >= 4 is 51.4 Å². The quantitative estimate of drug-likeness (QED) is 0.133. The molecule has 1 amide bonds. The number of furan rings is 1. The van der Waals surface area contributed by atoms with Crippen molar-refractivity contribution in [3.8, 4) is 17.1 Å². The van der Waals surface area contributed by atoms with Crippen molar-refractivity contribution in [3.63, 3.8) is 0 Å². The summed E-state index contributed by atoms with van der Waals surface area (Å²) in [5, 5.41) is 3.97. The molecule has 0 saturated heterocycles. The fourth-order valence-corrected chi connectivity index (χ4v) is 4.98. The Kier molecular flexibility index (Phi) is 8.17. The van der Waals surface area contributed by atoms with Crippen molar-refractivity contribution in [1.29, 1.82) is 0 Å². The summed E-state index contributed by atoms with van der Waals surface area (Å²) in [5.74, 6) is 1.49. The molecule has 4 rings (SSSR count). The van der Waals surface area contributed by atoms with Crippen molar-refractivity contribution < 1.29 is 23.5 Å². The lowest BCUT2D eigenvalue weighted by molar-refractivity contribution is -0.118. The largest absolute Gasteiger partial charge is 0.494 e. The summed E-state index contributed by atoms with van der Waals surface area (Å²) < 4.78 is 18.1. The fourth-order valence-electron chi connectivity index (χ4n) is 3.09. The molecular weight excluding hydrogens is 486 g/mol. The van der Waals surface area contributed by atoms with E-state index in [2.05, 4.69) is 15.5 Å². The fraction of sp³-hybridized carbons (Fsp3) is 0.200. The van der Waals surface area contributed by atoms with Gasteiger partial charge in [0.15, 0.2) is 4.34 Å². The van der Waals surface area contributed by atoms with Gasteiger partial charge in [0.2, 0.25) is 0 Å². The number of fused-ring (bicyclic) bond motifs is 1. The number of ether oxygens (including phenoxy) is 2. The van der Waals surface area contributed by atoms with E-state index < -0.39 is 0 Å². The van der Waals surface area contributed by atoms with E-state index in [1.165, 1.54) is 29.3 Å². The van der Waals surface area contributed by atoms with E-state index >= 15 is 0 Å². The Hall–Kier alpha value is -3.63. The van der Waals surface area contributed by atoms with Crippen molar-refractivity contribution in [3.05, 3.63) is 65.9 Å². The van der Waals surface area contributed by atoms with Crippen LogP contribution < -0.4 is 10.2 Å². The molecule has 0 fully saturated rings. The van der Waals surface area contributed by atoms with E-state index in [0.717, 1.165) is 25.9 Å². The molecule has 8 nitrogen and oxygen atoms in total. The molecule has 0 atom stereocenters. The number of hydrogen-bond acceptors (Lipinski definition) is 9. The molecule has 2 aromatic heterocycles. The Morgan fingerprint density at radius 1 is 1.11 bits per heavy atom. The van der Waals surface area contributed by atoms with Crippen molar-refractivity contribution in [1.82, 2.24) is 10.4 Å². The van der Waals surface area contributed by atoms with Gasteiger partial charge in [-0.2, -0.15) is 5.10 Å². The minimum absolute atomic E-state index is 0.186. The number of rotatable bonds is 10. The predicted octanol–water partition coefficient (Wildman–Crippen LogP) is 5.37. The van der Waals surface area contributed by atoms with Gasteiger partial charge in [-0.25, -0.2) is 15.2 Å². The molecule has 0 aliphatic carbocycles. The van der Waals surface area contributed by atoms with E-state index in [0.29, 0.717) is 30.3 Å². The summed E-state index contributed by atoms with van der Waals surface area (Å²) in [7, 11) is 0. The maximum Gasteiger partial charge on any atom is 0.338 e. The molecule has 0 spiro atoms. The minimum atomic E-state index is -0.362. The van der Waals surface area contributed by atoms with Crippen LogP contribution in [0.2, 0.25) is 0 Å². The molecule has 0 aliphatic rings. The number of hydrazone groups is 1. The van der Waals surface area contributed by atoms with Crippen LogP contribution in [0.3, 0.4) is 0 Å². The predicted molar refractivity (Wildman–Crippen MR) is 137 cm³/mol. The Morgan fingerprint density at radius 2 is 1.94 bits per heavy atom. The molecule has 180 valence electrons. The molecule has 0 unspecified atom stereocenters. The average Bonchev–Trinajstić information content (AvgIpc) is 3.50. The maximum absolute atomic E-state index is 12.2. The number of aromatic nitrogens is 1. The molecule has 0 radical (unpaired) electrons. The second-order valence-corrected chi connectivity index (χ2v) is 9.38. The second-order valence-electron chi connectivity index (χ2n) is 7.12. The summed E-state index contributed by atoms with van der Waals surface area (Å²) in [4.78, 5) is 28.5. The number of amides is 1. The first-order valence-corrected chi connectivity index (χ1v) is 12.7. The van der Waals surface area contributed by atoms with Crippen molar-refractivity contribution in [2.45, 2.75) is 18.2 Å². The maximum atomic E-state index is 12.2. The van der Waals surface area contributed by atoms with Crippen LogP contribution in [0.1, 0.15) is 30.0 Å². The van der Waals surface area contributed by atoms with Gasteiger partial charge in [-0.1, -0.05) is 23.9 Å². The molecule has 1 N–H and O–H groups in total. The number of thioether (sulfide) groups is 1. The van der Waals surface area contributed by atoms with Crippen LogP contribution in [0, 0.1) is 0 Å². The van der Waals surface area contributed by atoms with E-state index in [1.54, 1.807) is 43.3 Å². The Balaban J connectivity index is 1.28. The lowest BCUT2D eigenvalue weighted by Gasteiger charge is -2.02. The van der Waals surface area contributed by atoms with Crippen molar-refractivity contribution in [2.75, 3.05) is 19.0 Å². The first-order valence-electron chi connectivity index (χ1n) is 10.9. The highest BCUT2D eigenvalue weighted by atomic mass is 32.2. The monoisotopic (exact) mass is 509 g/mol. The second kappa shape index (κ2) is 11.7. The number of nitrogens with one attached hydrogen (secondary N) is 1. The van der Waals surface area contributed by atoms with Gasteiger partial charge in [-0.3, -0.25) is 4.79 Å². The Labute approximate surface area is 210 Å². The Bertz CT molecular complexity index is 1340. The zero-order valence-corrected chi connectivity index (χ0v) is 20.8. The number of benzene rings is 2. The smallest absolute Gasteiger partial charge is 0.338 e. The molecule has 2 heterocycles. The van der Waals surface area contributed by atoms with Crippen LogP contribution in [-0.4, -0.2) is 42.0 Å². The van der Waals surface area contributed by atoms with Crippen LogP contribution in [0.25, 0.3) is 21.5 Å². The van der Waals surface area contributed by atoms with Gasteiger partial charge in [0.25, 0.3) is 5.91 Å². The normalized spacial score (nSPS) is 11.1. The third kappa shape index (κ3) is 6.49. The number of thiazole rings is 1. The van der Waals surface area contributed by atoms with Crippen LogP contribution in [-0.2, 0) is 9.53 Å². The van der Waals surface area contributed by atoms with Gasteiger partial charge in [-0.05, 0) is 56.3 Å². The van der Waals surface area contributed by atoms with Crippen LogP contribution in [0.5, 0.6) is 5.75 Å². The summed E-state index contributed by atoms with van der Waals surface area (Å²) in [6, 6.07) is 16.2. The zero-order valence-electron chi connectivity index (χ0n) is 19.1. The third-order valence-corrected chi connectivity index (χ3v) is 6.83. The first-order chi connectivity index (χ1) is 17.1. The molecule has 4 aromatic rings. The first kappa shape index (κ1) is 24.5. The van der Waals surface area contributed by atoms with Crippen LogP contribution >= 0.6 is 23.1 Å². The molecular formula is C25H23N3O5S2. The van der Waals surface area contributed by atoms with Gasteiger partial charge < -0.3 is 13.9 Å². The van der Waals surface area contributed by atoms with E-state index in [9.17, 15) is 9.59 Å².